The maximum atomic E-state index is 12.0. The number of rotatable bonds is 6. The van der Waals surface area contributed by atoms with Crippen LogP contribution in [0.2, 0.25) is 0 Å². The fourth-order valence-electron chi connectivity index (χ4n) is 2.12. The van der Waals surface area contributed by atoms with E-state index in [9.17, 15) is 14.4 Å². The molecule has 2 N–H and O–H groups in total. The van der Waals surface area contributed by atoms with Gasteiger partial charge in [0.05, 0.1) is 10.7 Å². The van der Waals surface area contributed by atoms with Crippen molar-refractivity contribution in [1.82, 2.24) is 10.3 Å². The first-order chi connectivity index (χ1) is 11.9. The first-order valence-electron chi connectivity index (χ1n) is 7.70. The van der Waals surface area contributed by atoms with Crippen LogP contribution >= 0.6 is 11.3 Å². The van der Waals surface area contributed by atoms with Crippen LogP contribution in [0.25, 0.3) is 0 Å². The number of benzene rings is 1. The zero-order valence-corrected chi connectivity index (χ0v) is 15.0. The summed E-state index contributed by atoms with van der Waals surface area (Å²) < 4.78 is 5.01. The summed E-state index contributed by atoms with van der Waals surface area (Å²) in [7, 11) is 0. The second-order valence-corrected chi connectivity index (χ2v) is 6.42. The third-order valence-corrected chi connectivity index (χ3v) is 4.22. The Kier molecular flexibility index (Phi) is 6.24. The van der Waals surface area contributed by atoms with E-state index in [0.29, 0.717) is 28.4 Å². The first kappa shape index (κ1) is 18.6. The lowest BCUT2D eigenvalue weighted by Gasteiger charge is -2.08. The quantitative estimate of drug-likeness (QED) is 0.770. The van der Waals surface area contributed by atoms with Gasteiger partial charge in [0.25, 0.3) is 11.8 Å². The highest BCUT2D eigenvalue weighted by atomic mass is 32.1. The Bertz CT molecular complexity index is 801. The third kappa shape index (κ3) is 5.12. The number of aromatic nitrogens is 1. The van der Waals surface area contributed by atoms with Gasteiger partial charge in [0.1, 0.15) is 4.88 Å². The molecule has 0 spiro atoms. The number of nitrogens with one attached hydrogen (secondary N) is 2. The Balaban J connectivity index is 1.92. The van der Waals surface area contributed by atoms with Gasteiger partial charge in [-0.25, -0.2) is 9.78 Å². The molecule has 0 aliphatic heterocycles. The highest BCUT2D eigenvalue weighted by Crippen LogP contribution is 2.18. The standard InChI is InChI=1S/C17H19N3O4S/c1-4-18-16(22)12-6-5-7-13(8-12)20-14(21)9-24-17(23)15-10(2)19-11(3)25-15/h5-8H,4,9H2,1-3H3,(H,18,22)(H,20,21). The molecule has 1 heterocycles. The number of thiazole rings is 1. The normalized spacial score (nSPS) is 10.2. The summed E-state index contributed by atoms with van der Waals surface area (Å²) in [5.41, 5.74) is 1.48. The van der Waals surface area contributed by atoms with Gasteiger partial charge in [0.15, 0.2) is 6.61 Å². The zero-order chi connectivity index (χ0) is 18.4. The largest absolute Gasteiger partial charge is 0.451 e. The number of amides is 2. The van der Waals surface area contributed by atoms with Crippen LogP contribution in [-0.2, 0) is 9.53 Å². The summed E-state index contributed by atoms with van der Waals surface area (Å²) in [6.07, 6.45) is 0. The minimum Gasteiger partial charge on any atom is -0.451 e. The molecule has 25 heavy (non-hydrogen) atoms. The highest BCUT2D eigenvalue weighted by molar-refractivity contribution is 7.13. The van der Waals surface area contributed by atoms with E-state index in [1.54, 1.807) is 38.1 Å². The number of nitrogens with zero attached hydrogens (tertiary/aromatic N) is 1. The molecule has 132 valence electrons. The van der Waals surface area contributed by atoms with E-state index < -0.39 is 18.5 Å². The van der Waals surface area contributed by atoms with Crippen molar-refractivity contribution in [2.75, 3.05) is 18.5 Å². The molecule has 0 radical (unpaired) electrons. The molecular formula is C17H19N3O4S. The lowest BCUT2D eigenvalue weighted by atomic mass is 10.2. The molecule has 1 aromatic carbocycles. The third-order valence-electron chi connectivity index (χ3n) is 3.17. The molecular weight excluding hydrogens is 342 g/mol. The number of carbonyl (C=O) groups excluding carboxylic acids is 3. The number of carbonyl (C=O) groups is 3. The fraction of sp³-hybridized carbons (Fsp3) is 0.294. The second kappa shape index (κ2) is 8.39. The van der Waals surface area contributed by atoms with Crippen molar-refractivity contribution in [3.05, 3.63) is 45.4 Å². The number of hydrogen-bond acceptors (Lipinski definition) is 6. The molecule has 0 saturated carbocycles. The average molecular weight is 361 g/mol. The van der Waals surface area contributed by atoms with Crippen LogP contribution in [0.3, 0.4) is 0 Å². The summed E-state index contributed by atoms with van der Waals surface area (Å²) >= 11 is 1.23. The van der Waals surface area contributed by atoms with Crippen molar-refractivity contribution in [3.63, 3.8) is 0 Å². The van der Waals surface area contributed by atoms with Gasteiger partial charge in [-0.15, -0.1) is 11.3 Å². The van der Waals surface area contributed by atoms with Gasteiger partial charge in [-0.2, -0.15) is 0 Å². The Morgan fingerprint density at radius 3 is 2.64 bits per heavy atom. The lowest BCUT2D eigenvalue weighted by Crippen LogP contribution is -2.23. The summed E-state index contributed by atoms with van der Waals surface area (Å²) in [6.45, 7) is 5.43. The molecule has 0 unspecified atom stereocenters. The molecule has 0 aliphatic carbocycles. The van der Waals surface area contributed by atoms with E-state index in [4.69, 9.17) is 4.74 Å². The smallest absolute Gasteiger partial charge is 0.350 e. The molecule has 2 aromatic rings. The molecule has 0 atom stereocenters. The molecule has 7 nitrogen and oxygen atoms in total. The van der Waals surface area contributed by atoms with Crippen LogP contribution in [0.4, 0.5) is 5.69 Å². The number of anilines is 1. The zero-order valence-electron chi connectivity index (χ0n) is 14.2. The molecule has 0 aliphatic rings. The van der Waals surface area contributed by atoms with E-state index in [2.05, 4.69) is 15.6 Å². The lowest BCUT2D eigenvalue weighted by molar-refractivity contribution is -0.119. The van der Waals surface area contributed by atoms with E-state index in [1.165, 1.54) is 11.3 Å². The first-order valence-corrected chi connectivity index (χ1v) is 8.51. The summed E-state index contributed by atoms with van der Waals surface area (Å²) in [4.78, 5) is 40.2. The van der Waals surface area contributed by atoms with Crippen LogP contribution in [0.5, 0.6) is 0 Å². The Labute approximate surface area is 149 Å². The van der Waals surface area contributed by atoms with Gasteiger partial charge in [0, 0.05) is 17.8 Å². The van der Waals surface area contributed by atoms with Crippen LogP contribution in [0, 0.1) is 13.8 Å². The monoisotopic (exact) mass is 361 g/mol. The number of hydrogen-bond donors (Lipinski definition) is 2. The highest BCUT2D eigenvalue weighted by Gasteiger charge is 2.16. The van der Waals surface area contributed by atoms with Gasteiger partial charge < -0.3 is 15.4 Å². The van der Waals surface area contributed by atoms with E-state index in [0.717, 1.165) is 5.01 Å². The van der Waals surface area contributed by atoms with Crippen molar-refractivity contribution in [3.8, 4) is 0 Å². The average Bonchev–Trinajstić information content (AvgIpc) is 2.91. The van der Waals surface area contributed by atoms with Crippen LogP contribution < -0.4 is 10.6 Å². The SMILES string of the molecule is CCNC(=O)c1cccc(NC(=O)COC(=O)c2sc(C)nc2C)c1. The maximum absolute atomic E-state index is 12.0. The van der Waals surface area contributed by atoms with Crippen molar-refractivity contribution < 1.29 is 19.1 Å². The number of esters is 1. The van der Waals surface area contributed by atoms with Gasteiger partial charge >= 0.3 is 5.97 Å². The summed E-state index contributed by atoms with van der Waals surface area (Å²) in [5, 5.41) is 6.04. The summed E-state index contributed by atoms with van der Waals surface area (Å²) in [6, 6.07) is 6.52. The van der Waals surface area contributed by atoms with Crippen LogP contribution in [0.1, 0.15) is 37.7 Å². The predicted molar refractivity (Wildman–Crippen MR) is 94.9 cm³/mol. The van der Waals surface area contributed by atoms with E-state index in [-0.39, 0.29) is 5.91 Å². The molecule has 8 heteroatoms. The van der Waals surface area contributed by atoms with Crippen molar-refractivity contribution >= 4 is 34.8 Å². The molecule has 0 saturated heterocycles. The Morgan fingerprint density at radius 1 is 1.24 bits per heavy atom. The minimum absolute atomic E-state index is 0.221. The Hall–Kier alpha value is -2.74. The van der Waals surface area contributed by atoms with Gasteiger partial charge in [0.2, 0.25) is 0 Å². The maximum Gasteiger partial charge on any atom is 0.350 e. The van der Waals surface area contributed by atoms with Crippen LogP contribution in [0.15, 0.2) is 24.3 Å². The van der Waals surface area contributed by atoms with Crippen molar-refractivity contribution in [2.24, 2.45) is 0 Å². The molecule has 2 rings (SSSR count). The van der Waals surface area contributed by atoms with Gasteiger partial charge in [-0.3, -0.25) is 9.59 Å². The molecule has 1 aromatic heterocycles. The fourth-order valence-corrected chi connectivity index (χ4v) is 2.93. The van der Waals surface area contributed by atoms with Gasteiger partial charge in [-0.05, 0) is 39.0 Å². The topological polar surface area (TPSA) is 97.4 Å². The van der Waals surface area contributed by atoms with Crippen molar-refractivity contribution in [1.29, 1.82) is 0 Å². The molecule has 0 fully saturated rings. The Morgan fingerprint density at radius 2 is 2.00 bits per heavy atom. The van der Waals surface area contributed by atoms with Crippen molar-refractivity contribution in [2.45, 2.75) is 20.8 Å². The number of ether oxygens (including phenoxy) is 1. The molecule has 0 bridgehead atoms. The van der Waals surface area contributed by atoms with E-state index in [1.807, 2.05) is 6.92 Å². The minimum atomic E-state index is -0.575. The predicted octanol–water partition coefficient (Wildman–Crippen LogP) is 2.31. The van der Waals surface area contributed by atoms with Gasteiger partial charge in [-0.1, -0.05) is 6.07 Å². The molecule has 2 amide bonds. The van der Waals surface area contributed by atoms with E-state index >= 15 is 0 Å². The van der Waals surface area contributed by atoms with Crippen LogP contribution in [-0.4, -0.2) is 35.9 Å². The number of aryl methyl sites for hydroxylation is 2. The second-order valence-electron chi connectivity index (χ2n) is 5.21. The summed E-state index contributed by atoms with van der Waals surface area (Å²) in [5.74, 6) is -1.28.